The van der Waals surface area contributed by atoms with Gasteiger partial charge in [-0.2, -0.15) is 8.78 Å². The van der Waals surface area contributed by atoms with Crippen molar-refractivity contribution in [3.63, 3.8) is 0 Å². The molecular formula is C26H27ClF3N5O3. The van der Waals surface area contributed by atoms with Gasteiger partial charge in [0, 0.05) is 24.1 Å². The Hall–Kier alpha value is -3.41. The Balaban J connectivity index is 1.58. The maximum atomic E-state index is 14.5. The third-order valence-electron chi connectivity index (χ3n) is 5.87. The summed E-state index contributed by atoms with van der Waals surface area (Å²) in [5, 5.41) is 6.07. The number of hydrogen-bond donors (Lipinski definition) is 2. The van der Waals surface area contributed by atoms with Crippen molar-refractivity contribution in [3.8, 4) is 5.75 Å². The Morgan fingerprint density at radius 3 is 2.74 bits per heavy atom. The van der Waals surface area contributed by atoms with Gasteiger partial charge in [0.15, 0.2) is 5.82 Å². The van der Waals surface area contributed by atoms with Crippen LogP contribution < -0.4 is 15.4 Å². The smallest absolute Gasteiger partial charge is 0.345 e. The molecule has 2 heterocycles. The average Bonchev–Trinajstić information content (AvgIpc) is 2.90. The van der Waals surface area contributed by atoms with Gasteiger partial charge in [-0.05, 0) is 44.1 Å². The van der Waals surface area contributed by atoms with E-state index in [1.165, 1.54) is 37.0 Å². The van der Waals surface area contributed by atoms with Crippen LogP contribution in [0.15, 0.2) is 48.8 Å². The van der Waals surface area contributed by atoms with Crippen LogP contribution in [0.25, 0.3) is 10.9 Å². The molecule has 4 rings (SSSR count). The quantitative estimate of drug-likeness (QED) is 0.232. The van der Waals surface area contributed by atoms with E-state index in [1.54, 1.807) is 18.2 Å². The van der Waals surface area contributed by atoms with Crippen LogP contribution >= 0.6 is 11.6 Å². The molecule has 0 aliphatic carbocycles. The summed E-state index contributed by atoms with van der Waals surface area (Å²) < 4.78 is 49.1. The van der Waals surface area contributed by atoms with Crippen LogP contribution in [-0.4, -0.2) is 60.2 Å². The minimum absolute atomic E-state index is 0.0562. The highest BCUT2D eigenvalue weighted by Gasteiger charge is 2.15. The molecule has 0 atom stereocenters. The number of halogens is 4. The molecule has 38 heavy (non-hydrogen) atoms. The number of alkyl halides is 2. The molecule has 0 spiro atoms. The Morgan fingerprint density at radius 2 is 1.95 bits per heavy atom. The fraction of sp³-hybridized carbons (Fsp3) is 0.346. The van der Waals surface area contributed by atoms with E-state index in [2.05, 4.69) is 30.2 Å². The van der Waals surface area contributed by atoms with Crippen LogP contribution in [0.1, 0.15) is 19.3 Å². The van der Waals surface area contributed by atoms with Gasteiger partial charge in [-0.1, -0.05) is 30.2 Å². The summed E-state index contributed by atoms with van der Waals surface area (Å²) in [6.45, 7) is -0.812. The molecule has 1 fully saturated rings. The molecule has 0 saturated carbocycles. The number of anilines is 3. The third kappa shape index (κ3) is 7.56. The van der Waals surface area contributed by atoms with Crippen LogP contribution in [0.3, 0.4) is 0 Å². The lowest BCUT2D eigenvalue weighted by Gasteiger charge is -2.24. The van der Waals surface area contributed by atoms with E-state index in [1.807, 2.05) is 0 Å². The number of carbonyl (C=O) groups excluding carboxylic acids is 1. The first-order chi connectivity index (χ1) is 18.4. The van der Waals surface area contributed by atoms with Crippen LogP contribution in [-0.2, 0) is 9.53 Å². The fourth-order valence-electron chi connectivity index (χ4n) is 4.04. The number of fused-ring (bicyclic) bond motifs is 1. The molecule has 1 saturated heterocycles. The van der Waals surface area contributed by atoms with Gasteiger partial charge in [-0.15, -0.1) is 0 Å². The van der Waals surface area contributed by atoms with Gasteiger partial charge >= 0.3 is 6.61 Å². The number of nitrogens with zero attached hydrogens (tertiary/aromatic N) is 3. The Kier molecular flexibility index (Phi) is 9.74. The molecule has 12 heteroatoms. The van der Waals surface area contributed by atoms with Gasteiger partial charge in [-0.25, -0.2) is 14.4 Å². The highest BCUT2D eigenvalue weighted by atomic mass is 35.5. The predicted octanol–water partition coefficient (Wildman–Crippen LogP) is 5.76. The topological polar surface area (TPSA) is 88.6 Å². The largest absolute Gasteiger partial charge is 0.489 e. The van der Waals surface area contributed by atoms with Gasteiger partial charge in [0.25, 0.3) is 0 Å². The van der Waals surface area contributed by atoms with Crippen molar-refractivity contribution < 1.29 is 27.4 Å². The van der Waals surface area contributed by atoms with Gasteiger partial charge < -0.3 is 20.1 Å². The van der Waals surface area contributed by atoms with Crippen molar-refractivity contribution in [2.45, 2.75) is 25.9 Å². The molecule has 0 radical (unpaired) electrons. The summed E-state index contributed by atoms with van der Waals surface area (Å²) in [7, 11) is 0. The van der Waals surface area contributed by atoms with Crippen molar-refractivity contribution in [2.24, 2.45) is 0 Å². The zero-order valence-corrected chi connectivity index (χ0v) is 21.2. The summed E-state index contributed by atoms with van der Waals surface area (Å²) in [6, 6.07) is 7.62. The average molecular weight is 550 g/mol. The molecule has 8 nitrogen and oxygen atoms in total. The predicted molar refractivity (Wildman–Crippen MR) is 140 cm³/mol. The number of ether oxygens (including phenoxy) is 2. The molecule has 202 valence electrons. The summed E-state index contributed by atoms with van der Waals surface area (Å²) in [6.07, 6.45) is 8.01. The van der Waals surface area contributed by atoms with Crippen molar-refractivity contribution in [3.05, 3.63) is 59.7 Å². The molecule has 1 aliphatic heterocycles. The van der Waals surface area contributed by atoms with E-state index in [0.29, 0.717) is 17.4 Å². The molecule has 2 aromatic carbocycles. The summed E-state index contributed by atoms with van der Waals surface area (Å²) in [5.41, 5.74) is 0.771. The normalized spacial score (nSPS) is 14.3. The van der Waals surface area contributed by atoms with Crippen LogP contribution in [0.5, 0.6) is 5.75 Å². The van der Waals surface area contributed by atoms with E-state index >= 15 is 0 Å². The highest BCUT2D eigenvalue weighted by Crippen LogP contribution is 2.34. The number of carbonyl (C=O) groups is 1. The first kappa shape index (κ1) is 27.6. The first-order valence-corrected chi connectivity index (χ1v) is 12.5. The lowest BCUT2D eigenvalue weighted by molar-refractivity contribution is -0.133. The van der Waals surface area contributed by atoms with E-state index in [9.17, 15) is 18.0 Å². The van der Waals surface area contributed by atoms with Crippen molar-refractivity contribution in [2.75, 3.05) is 43.5 Å². The maximum absolute atomic E-state index is 14.5. The number of hydrogen-bond acceptors (Lipinski definition) is 7. The number of likely N-dealkylation sites (tertiary alicyclic amines) is 1. The first-order valence-electron chi connectivity index (χ1n) is 12.1. The summed E-state index contributed by atoms with van der Waals surface area (Å²) in [4.78, 5) is 23.4. The van der Waals surface area contributed by atoms with E-state index in [-0.39, 0.29) is 41.2 Å². The van der Waals surface area contributed by atoms with Crippen LogP contribution in [0.4, 0.5) is 30.4 Å². The van der Waals surface area contributed by atoms with Crippen molar-refractivity contribution >= 4 is 45.6 Å². The Morgan fingerprint density at radius 1 is 1.13 bits per heavy atom. The Labute approximate surface area is 222 Å². The number of amides is 1. The van der Waals surface area contributed by atoms with Crippen molar-refractivity contribution in [1.29, 1.82) is 0 Å². The molecule has 1 aliphatic rings. The van der Waals surface area contributed by atoms with E-state index in [4.69, 9.17) is 16.3 Å². The van der Waals surface area contributed by atoms with Gasteiger partial charge in [-0.3, -0.25) is 9.69 Å². The lowest BCUT2D eigenvalue weighted by Crippen LogP contribution is -2.29. The van der Waals surface area contributed by atoms with Gasteiger partial charge in [0.05, 0.1) is 28.5 Å². The third-order valence-corrected chi connectivity index (χ3v) is 6.16. The van der Waals surface area contributed by atoms with E-state index in [0.717, 1.165) is 25.9 Å². The molecule has 3 aromatic rings. The number of piperidine rings is 1. The molecule has 0 unspecified atom stereocenters. The maximum Gasteiger partial charge on any atom is 0.345 e. The minimum Gasteiger partial charge on any atom is -0.489 e. The minimum atomic E-state index is -2.92. The van der Waals surface area contributed by atoms with Crippen LogP contribution in [0.2, 0.25) is 5.02 Å². The fourth-order valence-corrected chi connectivity index (χ4v) is 4.22. The summed E-state index contributed by atoms with van der Waals surface area (Å²) >= 11 is 5.89. The highest BCUT2D eigenvalue weighted by molar-refractivity contribution is 6.31. The number of benzene rings is 2. The molecular weight excluding hydrogens is 523 g/mol. The second-order valence-electron chi connectivity index (χ2n) is 8.55. The van der Waals surface area contributed by atoms with Crippen molar-refractivity contribution in [1.82, 2.24) is 14.9 Å². The second-order valence-corrected chi connectivity index (χ2v) is 8.95. The SMILES string of the molecule is O=C(/C=C/CN1CCCCC1)Nc1cc2c(Nc3cccc(Cl)c3F)ncnc2cc1OCCOC(F)F. The molecule has 1 amide bonds. The standard InChI is InChI=1S/C26H27ClF3N5O3/c27-18-6-4-7-19(24(18)28)34-25-17-14-21(33-23(36)8-5-11-35-9-2-1-3-10-35)22(15-20(17)31-16-32-25)37-12-13-38-26(29)30/h4-8,14-16,26H,1-3,9-13H2,(H,33,36)(H,31,32,34)/b8-5+. The monoisotopic (exact) mass is 549 g/mol. The van der Waals surface area contributed by atoms with Gasteiger partial charge in [0.1, 0.15) is 24.5 Å². The second kappa shape index (κ2) is 13.4. The molecule has 1 aromatic heterocycles. The zero-order valence-electron chi connectivity index (χ0n) is 20.4. The lowest BCUT2D eigenvalue weighted by atomic mass is 10.1. The number of rotatable bonds is 11. The molecule has 2 N–H and O–H groups in total. The zero-order chi connectivity index (χ0) is 26.9. The molecule has 0 bridgehead atoms. The number of nitrogens with one attached hydrogen (secondary N) is 2. The van der Waals surface area contributed by atoms with Crippen LogP contribution in [0, 0.1) is 5.82 Å². The van der Waals surface area contributed by atoms with E-state index < -0.39 is 18.3 Å². The Bertz CT molecular complexity index is 1290. The summed E-state index contributed by atoms with van der Waals surface area (Å²) in [5.74, 6) is -0.582. The number of aromatic nitrogens is 2. The van der Waals surface area contributed by atoms with Gasteiger partial charge in [0.2, 0.25) is 5.91 Å².